The van der Waals surface area contributed by atoms with Gasteiger partial charge in [0, 0.05) is 49.6 Å². The zero-order valence-electron chi connectivity index (χ0n) is 50.7. The second-order valence-corrected chi connectivity index (χ2v) is 30.2. The van der Waals surface area contributed by atoms with Crippen molar-refractivity contribution in [2.24, 2.45) is 0 Å². The number of anilines is 1. The smallest absolute Gasteiger partial charge is 0.250 e. The van der Waals surface area contributed by atoms with Gasteiger partial charge >= 0.3 is 0 Å². The minimum absolute atomic E-state index is 0.0119. The Balaban J connectivity index is 0.000000215. The predicted octanol–water partition coefficient (Wildman–Crippen LogP) is 17.8. The number of allylic oxidation sites excluding steroid dienone is 9. The predicted molar refractivity (Wildman–Crippen MR) is 347 cm³/mol. The molecule has 0 fully saturated rings. The van der Waals surface area contributed by atoms with E-state index >= 15 is 0 Å². The molecule has 2 heterocycles. The van der Waals surface area contributed by atoms with Gasteiger partial charge in [-0.2, -0.15) is 0 Å². The Morgan fingerprint density at radius 3 is 1.65 bits per heavy atom. The van der Waals surface area contributed by atoms with Crippen LogP contribution in [0.2, 0.25) is 18.1 Å². The van der Waals surface area contributed by atoms with E-state index in [9.17, 15) is 19.2 Å². The van der Waals surface area contributed by atoms with Crippen LogP contribution in [-0.2, 0) is 9.59 Å². The van der Waals surface area contributed by atoms with Crippen LogP contribution in [0.1, 0.15) is 134 Å². The number of Topliss-reactive ketones (excluding diaryl/α,β-unsaturated/α-hetero) is 1. The fraction of sp³-hybridized carbons (Fsp3) is 0.373. The van der Waals surface area contributed by atoms with Gasteiger partial charge in [0.15, 0.2) is 22.4 Å². The van der Waals surface area contributed by atoms with Crippen LogP contribution in [0.4, 0.5) is 5.69 Å². The van der Waals surface area contributed by atoms with Crippen LogP contribution < -0.4 is 25.8 Å². The van der Waals surface area contributed by atoms with E-state index in [1.807, 2.05) is 77.9 Å². The van der Waals surface area contributed by atoms with Crippen molar-refractivity contribution in [1.29, 1.82) is 0 Å². The number of carbonyl (C=O) groups excluding carboxylic acids is 2. The third-order valence-electron chi connectivity index (χ3n) is 15.2. The lowest BCUT2D eigenvalue weighted by Gasteiger charge is -2.36. The molecule has 0 amide bonds. The number of benzene rings is 5. The number of nitrogens with two attached hydrogens (primary N) is 1. The summed E-state index contributed by atoms with van der Waals surface area (Å²) in [6.07, 6.45) is 12.6. The number of nitrogens with zero attached hydrogens (tertiary/aromatic N) is 2. The minimum Gasteiger partial charge on any atom is -0.543 e. The number of hydrogen-bond acceptors (Lipinski definition) is 12. The molecule has 3 aliphatic carbocycles. The number of nitrogen functional groups attached to an aromatic ring is 1. The normalized spacial score (nSPS) is 13.1. The molecular formula is C67H83N3O6S3Si. The van der Waals surface area contributed by atoms with Crippen molar-refractivity contribution in [3.8, 4) is 32.6 Å². The first-order valence-electron chi connectivity index (χ1n) is 27.3. The standard InChI is InChI=1S/C30H37NO2S.C16H15NOS.C12H21NOSSi.C9H10O2/c1-19(2)10-8-11-20(3)12-9-13-21(4)16-17-33-25-14-15-26-27(18-25)34-30-24(7)29(32)23(6)22(5)28(30)31-26;1-8-5-6-12-13(7-8)19-16-11(4)15(18)10(3)9(2)14(16)17-12;1-12(2,3)16(4,5)14-9-6-7-10(13)11(15)8-9;1-5-4-8(10)6(2)7(3)9(5)11/h10,12,14-16,18H,8-9,11,13,17H2,1-7H3;5-7H,1-4H3;6-8,15H,13H2,1-5H3;4H,1-3H3/b20-12+,21-16+;;;. The molecule has 0 saturated heterocycles. The van der Waals surface area contributed by atoms with E-state index in [2.05, 4.69) is 118 Å². The number of ether oxygens (including phenoxy) is 1. The summed E-state index contributed by atoms with van der Waals surface area (Å²) < 4.78 is 14.3. The Bertz CT molecular complexity index is 3690. The molecule has 3 aromatic carbocycles. The molecule has 2 aliphatic heterocycles. The molecule has 13 heteroatoms. The third-order valence-corrected chi connectivity index (χ3v) is 22.5. The van der Waals surface area contributed by atoms with Crippen molar-refractivity contribution < 1.29 is 18.8 Å². The Labute approximate surface area is 490 Å². The average molecular weight is 1150 g/mol. The monoisotopic (exact) mass is 1150 g/mol. The molecule has 424 valence electrons. The van der Waals surface area contributed by atoms with E-state index in [1.54, 1.807) is 43.4 Å². The number of carbonyl (C=O) groups is 2. The molecule has 0 atom stereocenters. The molecule has 80 heavy (non-hydrogen) atoms. The Hall–Kier alpha value is -6.25. The molecule has 0 saturated carbocycles. The molecule has 9 nitrogen and oxygen atoms in total. The minimum atomic E-state index is -1.76. The number of thiol groups is 1. The summed E-state index contributed by atoms with van der Waals surface area (Å²) in [4.78, 5) is 59.4. The first-order chi connectivity index (χ1) is 37.3. The van der Waals surface area contributed by atoms with Crippen molar-refractivity contribution in [3.63, 3.8) is 0 Å². The van der Waals surface area contributed by atoms with E-state index in [0.717, 1.165) is 117 Å². The first kappa shape index (κ1) is 64.6. The SMILES string of the molecule is CC(C)(C)[Si](C)(C)Oc1ccc(N)c(S)c1.CC(C)=CCC/C(C)=C/CC/C(C)=C/COc1ccc2nc3c(C)c(C)c(=O)c(C)c-3sc2c1.CC1=CC(=O)C(C)=C(C)C1=O.Cc1ccc2nc3c(C)c(C)c(=O)c(C)c-3sc2c1. The van der Waals surface area contributed by atoms with Gasteiger partial charge in [0.05, 0.1) is 41.6 Å². The maximum atomic E-state index is 12.5. The van der Waals surface area contributed by atoms with Gasteiger partial charge in [0.25, 0.3) is 0 Å². The van der Waals surface area contributed by atoms with Gasteiger partial charge in [0.1, 0.15) is 18.1 Å². The lowest BCUT2D eigenvalue weighted by Crippen LogP contribution is -2.43. The summed E-state index contributed by atoms with van der Waals surface area (Å²) in [7, 11) is -1.76. The highest BCUT2D eigenvalue weighted by Crippen LogP contribution is 2.39. The second-order valence-electron chi connectivity index (χ2n) is 22.9. The molecule has 8 rings (SSSR count). The maximum absolute atomic E-state index is 12.5. The summed E-state index contributed by atoms with van der Waals surface area (Å²) in [5, 5.41) is 0.200. The van der Waals surface area contributed by atoms with Gasteiger partial charge in [-0.15, -0.1) is 35.3 Å². The molecule has 2 N–H and O–H groups in total. The zero-order valence-corrected chi connectivity index (χ0v) is 54.3. The summed E-state index contributed by atoms with van der Waals surface area (Å²) in [6, 6.07) is 17.9. The van der Waals surface area contributed by atoms with Crippen LogP contribution >= 0.6 is 35.3 Å². The highest BCUT2D eigenvalue weighted by atomic mass is 32.1. The Morgan fingerprint density at radius 2 is 1.12 bits per heavy atom. The average Bonchev–Trinajstić information content (AvgIpc) is 3.44. The number of aromatic nitrogens is 2. The lowest BCUT2D eigenvalue weighted by molar-refractivity contribution is -0.115. The van der Waals surface area contributed by atoms with Crippen molar-refractivity contribution in [1.82, 2.24) is 9.97 Å². The lowest BCUT2D eigenvalue weighted by atomic mass is 9.92. The van der Waals surface area contributed by atoms with Crippen LogP contribution in [-0.4, -0.2) is 36.5 Å². The largest absolute Gasteiger partial charge is 0.543 e. The quantitative estimate of drug-likeness (QED) is 0.0324. The van der Waals surface area contributed by atoms with Gasteiger partial charge in [-0.05, 0) is 218 Å². The number of hydrogen-bond donors (Lipinski definition) is 2. The second kappa shape index (κ2) is 27.5. The topological polar surface area (TPSA) is 139 Å². The van der Waals surface area contributed by atoms with Crippen molar-refractivity contribution >= 4 is 81.3 Å². The van der Waals surface area contributed by atoms with Crippen LogP contribution in [0, 0.1) is 48.5 Å². The van der Waals surface area contributed by atoms with Crippen LogP contribution in [0.3, 0.4) is 0 Å². The summed E-state index contributed by atoms with van der Waals surface area (Å²) in [5.41, 5.74) is 22.8. The molecule has 5 aliphatic rings. The number of aryl methyl sites for hydroxylation is 1. The van der Waals surface area contributed by atoms with Gasteiger partial charge < -0.3 is 14.9 Å². The molecular weight excluding hydrogens is 1070 g/mol. The van der Waals surface area contributed by atoms with Crippen molar-refractivity contribution in [2.75, 3.05) is 12.3 Å². The number of rotatable bonds is 11. The van der Waals surface area contributed by atoms with Crippen LogP contribution in [0.15, 0.2) is 127 Å². The molecule has 3 aromatic rings. The number of ketones is 2. The molecule has 0 aromatic heterocycles. The van der Waals surface area contributed by atoms with Gasteiger partial charge in [-0.3, -0.25) is 19.2 Å². The Morgan fingerprint density at radius 1 is 0.625 bits per heavy atom. The first-order valence-corrected chi connectivity index (χ1v) is 32.3. The highest BCUT2D eigenvalue weighted by Gasteiger charge is 2.39. The fourth-order valence-electron chi connectivity index (χ4n) is 8.37. The maximum Gasteiger partial charge on any atom is 0.250 e. The van der Waals surface area contributed by atoms with Gasteiger partial charge in [-0.1, -0.05) is 55.7 Å². The summed E-state index contributed by atoms with van der Waals surface area (Å²) >= 11 is 7.59. The van der Waals surface area contributed by atoms with Gasteiger partial charge in [-0.25, -0.2) is 9.97 Å². The van der Waals surface area contributed by atoms with Crippen molar-refractivity contribution in [3.05, 3.63) is 172 Å². The van der Waals surface area contributed by atoms with E-state index in [-0.39, 0.29) is 27.5 Å². The molecule has 0 bridgehead atoms. The third kappa shape index (κ3) is 16.2. The fourth-order valence-corrected chi connectivity index (χ4v) is 12.0. The molecule has 0 spiro atoms. The van der Waals surface area contributed by atoms with Gasteiger partial charge in [0.2, 0.25) is 8.32 Å². The van der Waals surface area contributed by atoms with Crippen molar-refractivity contribution in [2.45, 2.75) is 166 Å². The zero-order chi connectivity index (χ0) is 59.7. The highest BCUT2D eigenvalue weighted by molar-refractivity contribution is 7.80. The molecule has 0 unspecified atom stereocenters. The van der Waals surface area contributed by atoms with Crippen LogP contribution in [0.5, 0.6) is 11.5 Å². The Kier molecular flexibility index (Phi) is 22.2. The van der Waals surface area contributed by atoms with Crippen LogP contribution in [0.25, 0.3) is 41.6 Å². The molecule has 0 radical (unpaired) electrons. The van der Waals surface area contributed by atoms with E-state index in [4.69, 9.17) is 24.9 Å². The number of fused-ring (bicyclic) bond motifs is 4. The summed E-state index contributed by atoms with van der Waals surface area (Å²) in [5.74, 6) is 1.64. The van der Waals surface area contributed by atoms with E-state index in [1.165, 1.54) is 28.4 Å². The van der Waals surface area contributed by atoms with E-state index in [0.29, 0.717) is 29.0 Å². The summed E-state index contributed by atoms with van der Waals surface area (Å²) in [6.45, 7) is 39.0. The van der Waals surface area contributed by atoms with E-state index < -0.39 is 8.32 Å².